The fourth-order valence-corrected chi connectivity index (χ4v) is 5.11. The first-order valence-corrected chi connectivity index (χ1v) is 13.1. The first-order valence-electron chi connectivity index (χ1n) is 13.1. The van der Waals surface area contributed by atoms with Gasteiger partial charge in [0.25, 0.3) is 0 Å². The number of ether oxygens (including phenoxy) is 2. The second-order valence-corrected chi connectivity index (χ2v) is 10.8. The number of amides is 1. The SMILES string of the molecule is Br.CCC[C@H]1CN(CC(=O)c2cc(OCCCC(N)=O)c(OC)c(C(C)(C)C)c2)C(=N)[C@@H]1c1ccccc1. The predicted octanol–water partition coefficient (Wildman–Crippen LogP) is 5.89. The molecule has 0 unspecified atom stereocenters. The van der Waals surface area contributed by atoms with E-state index in [2.05, 4.69) is 39.8 Å². The molecule has 0 aliphatic carbocycles. The largest absolute Gasteiger partial charge is 0.493 e. The highest BCUT2D eigenvalue weighted by Gasteiger charge is 2.38. The van der Waals surface area contributed by atoms with Gasteiger partial charge in [-0.1, -0.05) is 64.4 Å². The molecule has 2 aromatic rings. The first kappa shape index (κ1) is 31.3. The Labute approximate surface area is 237 Å². The molecule has 1 aliphatic rings. The van der Waals surface area contributed by atoms with Crippen LogP contribution >= 0.6 is 17.0 Å². The Hall–Kier alpha value is -2.87. The molecule has 8 heteroatoms. The summed E-state index contributed by atoms with van der Waals surface area (Å²) in [7, 11) is 1.59. The van der Waals surface area contributed by atoms with Crippen LogP contribution in [0.25, 0.3) is 0 Å². The van der Waals surface area contributed by atoms with Crippen molar-refractivity contribution in [2.24, 2.45) is 11.7 Å². The Kier molecular flexibility index (Phi) is 11.4. The van der Waals surface area contributed by atoms with Gasteiger partial charge in [0.1, 0.15) is 5.84 Å². The minimum Gasteiger partial charge on any atom is -0.493 e. The minimum absolute atomic E-state index is 0. The van der Waals surface area contributed by atoms with E-state index in [1.165, 1.54) is 0 Å². The number of likely N-dealkylation sites (tertiary alicyclic amines) is 1. The molecule has 0 bridgehead atoms. The maximum Gasteiger partial charge on any atom is 0.217 e. The van der Waals surface area contributed by atoms with Crippen LogP contribution in [0.3, 0.4) is 0 Å². The fraction of sp³-hybridized carbons (Fsp3) is 0.500. The molecule has 7 nitrogen and oxygen atoms in total. The van der Waals surface area contributed by atoms with Gasteiger partial charge in [-0.2, -0.15) is 0 Å². The number of methoxy groups -OCH3 is 1. The van der Waals surface area contributed by atoms with Crippen LogP contribution in [-0.4, -0.2) is 49.2 Å². The van der Waals surface area contributed by atoms with Gasteiger partial charge in [0.05, 0.1) is 20.3 Å². The number of halogens is 1. The molecular formula is C30H42BrN3O4. The molecule has 1 heterocycles. The first-order chi connectivity index (χ1) is 17.6. The number of amidine groups is 1. The standard InChI is InChI=1S/C30H41N3O4.BrH/c1-6-11-21-18-33(29(32)27(21)20-12-8-7-9-13-20)19-24(34)22-16-23(30(2,3)4)28(36-5)25(17-22)37-15-10-14-26(31)35;/h7-9,12-13,16-17,21,27,32H,6,10-11,14-15,18-19H2,1-5H3,(H2,31,35);1H/t21-,27+;/m0./s1. The van der Waals surface area contributed by atoms with Gasteiger partial charge in [0.2, 0.25) is 5.91 Å². The molecule has 1 fully saturated rings. The van der Waals surface area contributed by atoms with Crippen molar-refractivity contribution in [2.75, 3.05) is 26.8 Å². The maximum absolute atomic E-state index is 13.6. The Morgan fingerprint density at radius 3 is 2.42 bits per heavy atom. The molecule has 0 saturated carbocycles. The molecule has 0 aromatic heterocycles. The summed E-state index contributed by atoms with van der Waals surface area (Å²) < 4.78 is 11.7. The third kappa shape index (κ3) is 7.59. The number of carbonyl (C=O) groups is 2. The zero-order valence-corrected chi connectivity index (χ0v) is 24.9. The third-order valence-electron chi connectivity index (χ3n) is 6.93. The number of hydrogen-bond donors (Lipinski definition) is 2. The van der Waals surface area contributed by atoms with E-state index in [9.17, 15) is 9.59 Å². The number of Topliss-reactive ketones (excluding diaryl/α,β-unsaturated/α-hetero) is 1. The quantitative estimate of drug-likeness (QED) is 0.238. The number of nitrogens with zero attached hydrogens (tertiary/aromatic N) is 1. The number of nitrogens with two attached hydrogens (primary N) is 1. The maximum atomic E-state index is 13.6. The van der Waals surface area contributed by atoms with Gasteiger partial charge in [0, 0.05) is 30.0 Å². The summed E-state index contributed by atoms with van der Waals surface area (Å²) in [6, 6.07) is 13.8. The fourth-order valence-electron chi connectivity index (χ4n) is 5.11. The summed E-state index contributed by atoms with van der Waals surface area (Å²) in [6.07, 6.45) is 2.75. The van der Waals surface area contributed by atoms with Crippen LogP contribution in [0.1, 0.15) is 80.8 Å². The smallest absolute Gasteiger partial charge is 0.217 e. The minimum atomic E-state index is -0.377. The van der Waals surface area contributed by atoms with Crippen molar-refractivity contribution in [3.8, 4) is 11.5 Å². The van der Waals surface area contributed by atoms with Crippen LogP contribution in [0.2, 0.25) is 0 Å². The lowest BCUT2D eigenvalue weighted by molar-refractivity contribution is -0.118. The van der Waals surface area contributed by atoms with E-state index in [1.54, 1.807) is 13.2 Å². The van der Waals surface area contributed by atoms with E-state index in [1.807, 2.05) is 29.2 Å². The number of primary amides is 1. The summed E-state index contributed by atoms with van der Waals surface area (Å²) in [6.45, 7) is 9.46. The van der Waals surface area contributed by atoms with Crippen molar-refractivity contribution in [3.63, 3.8) is 0 Å². The highest BCUT2D eigenvalue weighted by molar-refractivity contribution is 8.93. The van der Waals surface area contributed by atoms with Crippen LogP contribution in [0.4, 0.5) is 0 Å². The molecule has 1 aliphatic heterocycles. The Morgan fingerprint density at radius 1 is 1.16 bits per heavy atom. The van der Waals surface area contributed by atoms with Crippen molar-refractivity contribution in [1.82, 2.24) is 4.90 Å². The summed E-state index contributed by atoms with van der Waals surface area (Å²) >= 11 is 0. The number of carbonyl (C=O) groups excluding carboxylic acids is 2. The van der Waals surface area contributed by atoms with Crippen molar-refractivity contribution in [3.05, 3.63) is 59.2 Å². The summed E-state index contributed by atoms with van der Waals surface area (Å²) in [4.78, 5) is 26.6. The molecule has 0 radical (unpaired) electrons. The van der Waals surface area contributed by atoms with Crippen LogP contribution in [-0.2, 0) is 10.2 Å². The molecule has 1 amide bonds. The lowest BCUT2D eigenvalue weighted by atomic mass is 9.84. The lowest BCUT2D eigenvalue weighted by Gasteiger charge is -2.25. The average Bonchev–Trinajstić information content (AvgIpc) is 3.15. The monoisotopic (exact) mass is 587 g/mol. The van der Waals surface area contributed by atoms with Crippen molar-refractivity contribution < 1.29 is 19.1 Å². The highest BCUT2D eigenvalue weighted by atomic mass is 79.9. The second kappa shape index (κ2) is 13.8. The van der Waals surface area contributed by atoms with Gasteiger partial charge >= 0.3 is 0 Å². The molecule has 1 saturated heterocycles. The number of nitrogens with one attached hydrogen (secondary N) is 1. The number of benzene rings is 2. The van der Waals surface area contributed by atoms with Gasteiger partial charge in [-0.25, -0.2) is 0 Å². The molecule has 208 valence electrons. The van der Waals surface area contributed by atoms with Crippen molar-refractivity contribution in [1.29, 1.82) is 5.41 Å². The molecule has 0 spiro atoms. The second-order valence-electron chi connectivity index (χ2n) is 10.8. The normalized spacial score (nSPS) is 17.2. The van der Waals surface area contributed by atoms with Gasteiger partial charge < -0.3 is 20.1 Å². The topological polar surface area (TPSA) is 106 Å². The summed E-state index contributed by atoms with van der Waals surface area (Å²) in [5.74, 6) is 1.43. The molecule has 3 N–H and O–H groups in total. The van der Waals surface area contributed by atoms with Crippen LogP contribution in [0, 0.1) is 11.3 Å². The van der Waals surface area contributed by atoms with E-state index in [0.717, 1.165) is 24.0 Å². The molecule has 38 heavy (non-hydrogen) atoms. The number of ketones is 1. The van der Waals surface area contributed by atoms with Crippen LogP contribution in [0.5, 0.6) is 11.5 Å². The van der Waals surface area contributed by atoms with Gasteiger partial charge in [-0.3, -0.25) is 15.0 Å². The third-order valence-corrected chi connectivity index (χ3v) is 6.93. The van der Waals surface area contributed by atoms with Crippen molar-refractivity contribution in [2.45, 2.75) is 64.7 Å². The highest BCUT2D eigenvalue weighted by Crippen LogP contribution is 2.41. The molecular weight excluding hydrogens is 546 g/mol. The van der Waals surface area contributed by atoms with E-state index in [4.69, 9.17) is 20.6 Å². The molecule has 3 rings (SSSR count). The molecule has 2 atom stereocenters. The average molecular weight is 589 g/mol. The zero-order chi connectivity index (χ0) is 27.2. The van der Waals surface area contributed by atoms with E-state index < -0.39 is 0 Å². The zero-order valence-electron chi connectivity index (χ0n) is 23.2. The van der Waals surface area contributed by atoms with Crippen LogP contribution in [0.15, 0.2) is 42.5 Å². The number of hydrogen-bond acceptors (Lipinski definition) is 5. The Morgan fingerprint density at radius 2 is 1.84 bits per heavy atom. The molecule has 2 aromatic carbocycles. The van der Waals surface area contributed by atoms with Gasteiger partial charge in [-0.15, -0.1) is 17.0 Å². The van der Waals surface area contributed by atoms with Gasteiger partial charge in [0.15, 0.2) is 17.3 Å². The Bertz CT molecular complexity index is 1110. The predicted molar refractivity (Wildman–Crippen MR) is 157 cm³/mol. The van der Waals surface area contributed by atoms with Crippen molar-refractivity contribution >= 4 is 34.5 Å². The van der Waals surface area contributed by atoms with E-state index in [0.29, 0.717) is 41.8 Å². The van der Waals surface area contributed by atoms with E-state index in [-0.39, 0.29) is 59.6 Å². The lowest BCUT2D eigenvalue weighted by Crippen LogP contribution is -2.32. The van der Waals surface area contributed by atoms with Gasteiger partial charge in [-0.05, 0) is 41.9 Å². The van der Waals surface area contributed by atoms with Crippen LogP contribution < -0.4 is 15.2 Å². The number of rotatable bonds is 12. The van der Waals surface area contributed by atoms with E-state index >= 15 is 0 Å². The summed E-state index contributed by atoms with van der Waals surface area (Å²) in [5.41, 5.74) is 7.48. The summed E-state index contributed by atoms with van der Waals surface area (Å²) in [5, 5.41) is 8.95. The Balaban J connectivity index is 0.00000507.